The molecule has 13 rings (SSSR count). The van der Waals surface area contributed by atoms with Gasteiger partial charge >= 0.3 is 6.29 Å². The Bertz CT molecular complexity index is 4890. The van der Waals surface area contributed by atoms with Crippen molar-refractivity contribution in [3.05, 3.63) is 202 Å². The molecular weight excluding hydrogens is 1690 g/mol. The standard InChI is InChI=1S/C26H32F2N2O5.C26H33N3O3.C25H33ClN2O3.C25H32F2N2O3/c1-4-23(33-16-31)18-5-7-22(30(15-17(2)3)20-9-11-32-12-10-20)21(13-18)29-19-6-8-24-25(14-19)35-26(27,28)34-24;1-4-26(32-18-30)21-7-10-25(29(17-19(2)3)23-11-13-31-14-12-23)24(15-21)28-22-8-5-20(16-27)6-9-22;1-4-25(31-17-29)19-5-10-24(23(15-19)27-21-8-6-20(26)7-9-21)28(16-18(2)3)22-11-13-30-14-12-22;1-4-25(32-16-30)18-5-8-24(29(15-17(2)3)20-9-11-31-12-10-20)23(13-18)28-22-7-6-19(26)14-21(22)27/h5-8,13-14,16-17,20,23,29H,4,9-12,15H2,1-3H3;5-10,15,18-19,23,26,28H,4,11-14,17H2,1-3H3;5-10,15,17-18,22,25,27H,4,11-14,16H2,1-3H3;5-8,13-14,16-17,20,25,28H,4,9-12,15H2,1-3H3. The van der Waals surface area contributed by atoms with Gasteiger partial charge in [-0.15, -0.1) is 8.78 Å². The second-order valence-electron chi connectivity index (χ2n) is 34.8. The number of alkyl halides is 2. The number of hydrogen-bond acceptors (Lipinski definition) is 23. The predicted octanol–water partition coefficient (Wildman–Crippen LogP) is 23.9. The first-order valence-electron chi connectivity index (χ1n) is 45.8. The highest BCUT2D eigenvalue weighted by Crippen LogP contribution is 2.46. The smallest absolute Gasteiger partial charge is 0.460 e. The monoisotopic (exact) mass is 1820 g/mol. The van der Waals surface area contributed by atoms with Gasteiger partial charge in [0.15, 0.2) is 11.5 Å². The van der Waals surface area contributed by atoms with Crippen LogP contribution in [0.25, 0.3) is 0 Å². The molecule has 23 nitrogen and oxygen atoms in total. The lowest BCUT2D eigenvalue weighted by molar-refractivity contribution is -0.286. The fraction of sp³-hybridized carbons (Fsp3) is 0.480. The third-order valence-electron chi connectivity index (χ3n) is 23.2. The van der Waals surface area contributed by atoms with E-state index in [9.17, 15) is 36.7 Å². The number of anilines is 12. The zero-order chi connectivity index (χ0) is 93.2. The largest absolute Gasteiger partial charge is 0.586 e. The van der Waals surface area contributed by atoms with Crippen LogP contribution in [0.4, 0.5) is 85.8 Å². The molecule has 4 saturated heterocycles. The number of benzene rings is 8. The molecule has 4 fully saturated rings. The molecule has 8 aromatic rings. The first-order valence-corrected chi connectivity index (χ1v) is 46.1. The first-order chi connectivity index (χ1) is 62.8. The molecule has 0 saturated carbocycles. The number of hydrogen-bond donors (Lipinski definition) is 4. The molecular formula is C102H130ClF4N9O14. The van der Waals surface area contributed by atoms with E-state index in [-0.39, 0.29) is 35.5 Å². The topological polar surface area (TPSA) is 245 Å². The fourth-order valence-corrected chi connectivity index (χ4v) is 17.2. The van der Waals surface area contributed by atoms with Crippen molar-refractivity contribution in [1.29, 1.82) is 5.26 Å². The SMILES string of the molecule is CCC(OC=O)c1ccc(N(CC(C)C)C2CCOCC2)c(Nc2ccc(C#N)cc2)c1.CCC(OC=O)c1ccc(N(CC(C)C)C2CCOCC2)c(Nc2ccc(Cl)cc2)c1.CCC(OC=O)c1ccc(N(CC(C)C)C2CCOCC2)c(Nc2ccc(F)cc2F)c1.CCC(OC=O)c1ccc(N(CC(C)C)C2CCOCC2)c(Nc2ccc3c(c2)OC(F)(F)O3)c1. The van der Waals surface area contributed by atoms with Crippen LogP contribution < -0.4 is 50.3 Å². The summed E-state index contributed by atoms with van der Waals surface area (Å²) in [6, 6.07) is 51.2. The Morgan fingerprint density at radius 3 is 0.992 bits per heavy atom. The summed E-state index contributed by atoms with van der Waals surface area (Å²) in [6.07, 6.45) is 5.29. The Kier molecular flexibility index (Phi) is 39.6. The van der Waals surface area contributed by atoms with Gasteiger partial charge in [-0.1, -0.05) is 119 Å². The van der Waals surface area contributed by atoms with E-state index >= 15 is 0 Å². The van der Waals surface area contributed by atoms with Crippen molar-refractivity contribution in [2.24, 2.45) is 23.7 Å². The molecule has 4 unspecified atom stereocenters. The minimum absolute atomic E-state index is 0.0106. The quantitative estimate of drug-likeness (QED) is 0.0158. The molecule has 0 amide bonds. The zero-order valence-electron chi connectivity index (χ0n) is 77.1. The van der Waals surface area contributed by atoms with E-state index in [4.69, 9.17) is 54.8 Å². The highest BCUT2D eigenvalue weighted by Gasteiger charge is 2.44. The molecule has 0 radical (unpaired) electrons. The average molecular weight is 1820 g/mol. The maximum atomic E-state index is 14.5. The van der Waals surface area contributed by atoms with Crippen LogP contribution >= 0.6 is 11.6 Å². The Labute approximate surface area is 769 Å². The van der Waals surface area contributed by atoms with E-state index < -0.39 is 24.0 Å². The molecule has 5 aliphatic heterocycles. The fourth-order valence-electron chi connectivity index (χ4n) is 17.1. The summed E-state index contributed by atoms with van der Waals surface area (Å²) in [7, 11) is 0. The minimum Gasteiger partial charge on any atom is -0.460 e. The Hall–Kier alpha value is -11.0. The number of rotatable bonds is 40. The molecule has 4 atom stereocenters. The molecule has 4 N–H and O–H groups in total. The van der Waals surface area contributed by atoms with Crippen molar-refractivity contribution < 1.29 is 84.1 Å². The summed E-state index contributed by atoms with van der Waals surface area (Å²) in [5, 5.41) is 23.5. The van der Waals surface area contributed by atoms with Crippen molar-refractivity contribution in [2.45, 2.75) is 215 Å². The van der Waals surface area contributed by atoms with E-state index in [1.165, 1.54) is 24.3 Å². The van der Waals surface area contributed by atoms with Gasteiger partial charge in [0.1, 0.15) is 36.1 Å². The highest BCUT2D eigenvalue weighted by molar-refractivity contribution is 6.30. The van der Waals surface area contributed by atoms with E-state index in [0.717, 1.165) is 183 Å². The van der Waals surface area contributed by atoms with E-state index in [1.807, 2.05) is 100 Å². The van der Waals surface area contributed by atoms with Crippen LogP contribution in [0.3, 0.4) is 0 Å². The van der Waals surface area contributed by atoms with Crippen LogP contribution in [0.5, 0.6) is 11.5 Å². The summed E-state index contributed by atoms with van der Waals surface area (Å²) >= 11 is 6.08. The lowest BCUT2D eigenvalue weighted by atomic mass is 10.0. The molecule has 130 heavy (non-hydrogen) atoms. The van der Waals surface area contributed by atoms with E-state index in [0.29, 0.717) is 148 Å². The van der Waals surface area contributed by atoms with Crippen molar-refractivity contribution in [1.82, 2.24) is 0 Å². The predicted molar refractivity (Wildman–Crippen MR) is 505 cm³/mol. The van der Waals surface area contributed by atoms with Gasteiger partial charge in [0, 0.05) is 137 Å². The van der Waals surface area contributed by atoms with Gasteiger partial charge in [-0.25, -0.2) is 8.78 Å². The number of carbonyl (C=O) groups excluding carboxylic acids is 4. The number of nitriles is 1. The maximum Gasteiger partial charge on any atom is 0.586 e. The summed E-state index contributed by atoms with van der Waals surface area (Å²) in [6.45, 7) is 37.0. The van der Waals surface area contributed by atoms with Gasteiger partial charge < -0.3 is 88.2 Å². The molecule has 28 heteroatoms. The normalized spacial score (nSPS) is 16.0. The summed E-state index contributed by atoms with van der Waals surface area (Å²) in [5.74, 6) is 0.514. The molecule has 0 aromatic heterocycles. The molecule has 5 aliphatic rings. The Morgan fingerprint density at radius 1 is 0.392 bits per heavy atom. The van der Waals surface area contributed by atoms with E-state index in [1.54, 1.807) is 18.2 Å². The molecule has 8 aromatic carbocycles. The number of fused-ring (bicyclic) bond motifs is 1. The molecule has 702 valence electrons. The number of nitrogens with one attached hydrogen (secondary N) is 4. The average Bonchev–Trinajstić information content (AvgIpc) is 1.35. The van der Waals surface area contributed by atoms with Gasteiger partial charge in [0.2, 0.25) is 0 Å². The van der Waals surface area contributed by atoms with Crippen LogP contribution in [-0.2, 0) is 57.1 Å². The number of ether oxygens (including phenoxy) is 10. The zero-order valence-corrected chi connectivity index (χ0v) is 77.8. The van der Waals surface area contributed by atoms with Crippen LogP contribution in [0.1, 0.15) is 212 Å². The van der Waals surface area contributed by atoms with Gasteiger partial charge in [-0.05, 0) is 244 Å². The lowest BCUT2D eigenvalue weighted by Gasteiger charge is -2.38. The number of halogens is 5. The van der Waals surface area contributed by atoms with E-state index in [2.05, 4.69) is 148 Å². The summed E-state index contributed by atoms with van der Waals surface area (Å²) < 4.78 is 108. The van der Waals surface area contributed by atoms with Gasteiger partial charge in [-0.3, -0.25) is 19.2 Å². The number of carbonyl (C=O) groups is 4. The first kappa shape index (κ1) is 101. The maximum absolute atomic E-state index is 14.5. The summed E-state index contributed by atoms with van der Waals surface area (Å²) in [5.41, 5.74) is 14.5. The number of nitrogens with zero attached hydrogens (tertiary/aromatic N) is 5. The van der Waals surface area contributed by atoms with Crippen molar-refractivity contribution in [2.75, 3.05) is 120 Å². The van der Waals surface area contributed by atoms with Crippen LogP contribution in [0.15, 0.2) is 158 Å². The third-order valence-corrected chi connectivity index (χ3v) is 23.5. The van der Waals surface area contributed by atoms with Gasteiger partial charge in [-0.2, -0.15) is 5.26 Å². The summed E-state index contributed by atoms with van der Waals surface area (Å²) in [4.78, 5) is 53.7. The molecule has 0 spiro atoms. The van der Waals surface area contributed by atoms with Crippen molar-refractivity contribution in [3.63, 3.8) is 0 Å². The lowest BCUT2D eigenvalue weighted by Crippen LogP contribution is -2.42. The second kappa shape index (κ2) is 51.0. The minimum atomic E-state index is -3.68. The third kappa shape index (κ3) is 29.5. The van der Waals surface area contributed by atoms with Crippen LogP contribution in [0, 0.1) is 46.6 Å². The Morgan fingerprint density at radius 2 is 0.692 bits per heavy atom. The molecule has 5 heterocycles. The van der Waals surface area contributed by atoms with Crippen LogP contribution in [0.2, 0.25) is 5.02 Å². The Balaban J connectivity index is 0.000000180. The molecule has 0 aliphatic carbocycles. The van der Waals surface area contributed by atoms with Crippen molar-refractivity contribution >= 4 is 106 Å². The molecule has 0 bridgehead atoms. The van der Waals surface area contributed by atoms with Crippen molar-refractivity contribution in [3.8, 4) is 17.6 Å². The highest BCUT2D eigenvalue weighted by atomic mass is 35.5. The van der Waals surface area contributed by atoms with Gasteiger partial charge in [0.25, 0.3) is 25.9 Å². The van der Waals surface area contributed by atoms with Gasteiger partial charge in [0.05, 0.1) is 62.8 Å². The second-order valence-corrected chi connectivity index (χ2v) is 35.3. The van der Waals surface area contributed by atoms with Crippen LogP contribution in [-0.4, -0.2) is 135 Å².